The molecule has 3 atom stereocenters. The minimum atomic E-state index is -0.0741. The van der Waals surface area contributed by atoms with Crippen LogP contribution >= 0.6 is 0 Å². The van der Waals surface area contributed by atoms with Gasteiger partial charge in [0.25, 0.3) is 0 Å². The molecule has 1 aliphatic rings. The summed E-state index contributed by atoms with van der Waals surface area (Å²) in [7, 11) is 0. The summed E-state index contributed by atoms with van der Waals surface area (Å²) in [6.45, 7) is 4.17. The zero-order valence-electron chi connectivity index (χ0n) is 6.30. The first kappa shape index (κ1) is 7.07. The summed E-state index contributed by atoms with van der Waals surface area (Å²) in [5.41, 5.74) is 0. The van der Waals surface area contributed by atoms with Gasteiger partial charge < -0.3 is 5.11 Å². The molecule has 0 aliphatic heterocycles. The van der Waals surface area contributed by atoms with Crippen LogP contribution in [0.2, 0.25) is 0 Å². The Bertz CT molecular complexity index is 88.6. The van der Waals surface area contributed by atoms with E-state index < -0.39 is 0 Å². The lowest BCUT2D eigenvalue weighted by Crippen LogP contribution is -2.12. The van der Waals surface area contributed by atoms with Crippen molar-refractivity contribution in [3.63, 3.8) is 0 Å². The van der Waals surface area contributed by atoms with Gasteiger partial charge in [0.2, 0.25) is 0 Å². The Labute approximate surface area is 57.1 Å². The molecule has 1 rings (SSSR count). The summed E-state index contributed by atoms with van der Waals surface area (Å²) in [5, 5.41) is 9.17. The predicted molar refractivity (Wildman–Crippen MR) is 38.2 cm³/mol. The van der Waals surface area contributed by atoms with Crippen LogP contribution in [0, 0.1) is 11.8 Å². The summed E-state index contributed by atoms with van der Waals surface area (Å²) in [6, 6.07) is 0. The van der Waals surface area contributed by atoms with Crippen LogP contribution in [-0.2, 0) is 0 Å². The molecule has 54 valence electrons. The van der Waals surface area contributed by atoms with E-state index in [1.54, 1.807) is 0 Å². The molecule has 1 aliphatic carbocycles. The molecule has 1 heteroatoms. The molecular weight excluding hydrogens is 112 g/mol. The van der Waals surface area contributed by atoms with Gasteiger partial charge in [0, 0.05) is 0 Å². The second-order valence-corrected chi connectivity index (χ2v) is 3.42. The third kappa shape index (κ3) is 1.68. The molecule has 1 N–H and O–H groups in total. The van der Waals surface area contributed by atoms with Crippen LogP contribution in [0.3, 0.4) is 0 Å². The molecule has 2 unspecified atom stereocenters. The molecule has 1 nitrogen and oxygen atoms in total. The maximum Gasteiger partial charge on any atom is 0.0540 e. The fraction of sp³-hybridized carbons (Fsp3) is 1.00. The second kappa shape index (κ2) is 2.70. The average molecular weight is 128 g/mol. The van der Waals surface area contributed by atoms with Gasteiger partial charge in [0.1, 0.15) is 0 Å². The fourth-order valence-corrected chi connectivity index (χ4v) is 1.69. The van der Waals surface area contributed by atoms with Crippen LogP contribution < -0.4 is 0 Å². The lowest BCUT2D eigenvalue weighted by atomic mass is 10.0. The normalized spacial score (nSPS) is 39.0. The Morgan fingerprint density at radius 3 is 2.33 bits per heavy atom. The predicted octanol–water partition coefficient (Wildman–Crippen LogP) is 1.80. The largest absolute Gasteiger partial charge is 0.393 e. The van der Waals surface area contributed by atoms with E-state index in [-0.39, 0.29) is 6.10 Å². The molecule has 1 saturated carbocycles. The molecule has 0 amide bonds. The summed E-state index contributed by atoms with van der Waals surface area (Å²) >= 11 is 0. The number of rotatable bonds is 1. The van der Waals surface area contributed by atoms with Crippen molar-refractivity contribution in [2.45, 2.75) is 39.2 Å². The van der Waals surface area contributed by atoms with Crippen LogP contribution in [0.4, 0.5) is 0 Å². The SMILES string of the molecule is CC1CCC([C@@H](C)O)C1. The van der Waals surface area contributed by atoms with Crippen molar-refractivity contribution in [2.75, 3.05) is 0 Å². The highest BCUT2D eigenvalue weighted by Crippen LogP contribution is 2.32. The lowest BCUT2D eigenvalue weighted by Gasteiger charge is -2.11. The molecule has 0 aromatic rings. The highest BCUT2D eigenvalue weighted by atomic mass is 16.3. The Kier molecular flexibility index (Phi) is 2.12. The van der Waals surface area contributed by atoms with Crippen molar-refractivity contribution in [2.24, 2.45) is 11.8 Å². The zero-order valence-corrected chi connectivity index (χ0v) is 6.30. The highest BCUT2D eigenvalue weighted by molar-refractivity contribution is 4.75. The first-order valence-electron chi connectivity index (χ1n) is 3.88. The Hall–Kier alpha value is -0.0400. The van der Waals surface area contributed by atoms with E-state index in [1.807, 2.05) is 6.92 Å². The minimum absolute atomic E-state index is 0.0741. The van der Waals surface area contributed by atoms with Crippen LogP contribution in [0.15, 0.2) is 0 Å². The van der Waals surface area contributed by atoms with Gasteiger partial charge in [-0.25, -0.2) is 0 Å². The zero-order chi connectivity index (χ0) is 6.85. The van der Waals surface area contributed by atoms with Crippen LogP contribution in [0.5, 0.6) is 0 Å². The first-order valence-corrected chi connectivity index (χ1v) is 3.88. The van der Waals surface area contributed by atoms with Crippen LogP contribution in [0.1, 0.15) is 33.1 Å². The first-order chi connectivity index (χ1) is 4.20. The van der Waals surface area contributed by atoms with Gasteiger partial charge in [0.15, 0.2) is 0 Å². The molecule has 9 heavy (non-hydrogen) atoms. The average Bonchev–Trinajstić information content (AvgIpc) is 2.14. The number of aliphatic hydroxyl groups is 1. The van der Waals surface area contributed by atoms with Gasteiger partial charge in [-0.1, -0.05) is 13.3 Å². The number of hydrogen-bond donors (Lipinski definition) is 1. The van der Waals surface area contributed by atoms with Gasteiger partial charge in [-0.05, 0) is 31.6 Å². The van der Waals surface area contributed by atoms with Gasteiger partial charge >= 0.3 is 0 Å². The molecule has 0 aromatic carbocycles. The van der Waals surface area contributed by atoms with E-state index in [2.05, 4.69) is 6.92 Å². The van der Waals surface area contributed by atoms with Crippen LogP contribution in [0.25, 0.3) is 0 Å². The molecule has 0 bridgehead atoms. The molecule has 1 fully saturated rings. The molecule has 0 radical (unpaired) electrons. The van der Waals surface area contributed by atoms with Gasteiger partial charge in [-0.2, -0.15) is 0 Å². The van der Waals surface area contributed by atoms with E-state index in [4.69, 9.17) is 5.11 Å². The van der Waals surface area contributed by atoms with Crippen molar-refractivity contribution in [1.29, 1.82) is 0 Å². The third-order valence-corrected chi connectivity index (χ3v) is 2.42. The summed E-state index contributed by atoms with van der Waals surface area (Å²) in [6.07, 6.45) is 3.71. The highest BCUT2D eigenvalue weighted by Gasteiger charge is 2.24. The molecule has 0 spiro atoms. The summed E-state index contributed by atoms with van der Waals surface area (Å²) in [5.74, 6) is 1.45. The van der Waals surface area contributed by atoms with E-state index in [9.17, 15) is 0 Å². The minimum Gasteiger partial charge on any atom is -0.393 e. The van der Waals surface area contributed by atoms with Gasteiger partial charge in [-0.3, -0.25) is 0 Å². The maximum absolute atomic E-state index is 9.17. The smallest absolute Gasteiger partial charge is 0.0540 e. The van der Waals surface area contributed by atoms with E-state index in [0.717, 1.165) is 5.92 Å². The summed E-state index contributed by atoms with van der Waals surface area (Å²) < 4.78 is 0. The van der Waals surface area contributed by atoms with Crippen molar-refractivity contribution in [3.05, 3.63) is 0 Å². The third-order valence-electron chi connectivity index (χ3n) is 2.42. The maximum atomic E-state index is 9.17. The fourth-order valence-electron chi connectivity index (χ4n) is 1.69. The standard InChI is InChI=1S/C8H16O/c1-6-3-4-8(5-6)7(2)9/h6-9H,3-5H2,1-2H3/t6?,7-,8?/m1/s1. The quantitative estimate of drug-likeness (QED) is 0.571. The Morgan fingerprint density at radius 2 is 2.11 bits per heavy atom. The molecule has 0 heterocycles. The lowest BCUT2D eigenvalue weighted by molar-refractivity contribution is 0.127. The van der Waals surface area contributed by atoms with Crippen molar-refractivity contribution >= 4 is 0 Å². The number of aliphatic hydroxyl groups excluding tert-OH is 1. The monoisotopic (exact) mass is 128 g/mol. The molecule has 0 saturated heterocycles. The Balaban J connectivity index is 2.30. The van der Waals surface area contributed by atoms with Crippen molar-refractivity contribution < 1.29 is 5.11 Å². The van der Waals surface area contributed by atoms with E-state index in [1.165, 1.54) is 19.3 Å². The number of hydrogen-bond acceptors (Lipinski definition) is 1. The van der Waals surface area contributed by atoms with E-state index >= 15 is 0 Å². The van der Waals surface area contributed by atoms with Crippen molar-refractivity contribution in [1.82, 2.24) is 0 Å². The molecular formula is C8H16O. The topological polar surface area (TPSA) is 20.2 Å². The van der Waals surface area contributed by atoms with Gasteiger partial charge in [-0.15, -0.1) is 0 Å². The van der Waals surface area contributed by atoms with Gasteiger partial charge in [0.05, 0.1) is 6.10 Å². The van der Waals surface area contributed by atoms with Crippen LogP contribution in [-0.4, -0.2) is 11.2 Å². The van der Waals surface area contributed by atoms with E-state index in [0.29, 0.717) is 5.92 Å². The molecule has 0 aromatic heterocycles. The second-order valence-electron chi connectivity index (χ2n) is 3.42. The van der Waals surface area contributed by atoms with Crippen molar-refractivity contribution in [3.8, 4) is 0 Å². The Morgan fingerprint density at radius 1 is 1.44 bits per heavy atom. The summed E-state index contributed by atoms with van der Waals surface area (Å²) in [4.78, 5) is 0.